The maximum Gasteiger partial charge on any atom is 0.226 e. The summed E-state index contributed by atoms with van der Waals surface area (Å²) in [5.41, 5.74) is 3.10. The molecule has 4 rings (SSSR count). The molecule has 2 aromatic heterocycles. The fraction of sp³-hybridized carbons (Fsp3) is 0.250. The molecule has 0 spiro atoms. The molecule has 0 radical (unpaired) electrons. The molecule has 8 heteroatoms. The first-order chi connectivity index (χ1) is 13.6. The van der Waals surface area contributed by atoms with E-state index < -0.39 is 0 Å². The number of hydrogen-bond acceptors (Lipinski definition) is 5. The van der Waals surface area contributed by atoms with Crippen molar-refractivity contribution in [2.45, 2.75) is 25.7 Å². The van der Waals surface area contributed by atoms with Crippen molar-refractivity contribution in [3.05, 3.63) is 70.2 Å². The number of anilines is 1. The molecule has 2 N–H and O–H groups in total. The zero-order valence-electron chi connectivity index (χ0n) is 15.5. The summed E-state index contributed by atoms with van der Waals surface area (Å²) in [6.07, 6.45) is 1.08. The van der Waals surface area contributed by atoms with Gasteiger partial charge in [-0.25, -0.2) is 4.39 Å². The Morgan fingerprint density at radius 2 is 2.14 bits per heavy atom. The fourth-order valence-corrected chi connectivity index (χ4v) is 3.63. The minimum atomic E-state index is -0.355. The lowest BCUT2D eigenvalue weighted by Gasteiger charge is -2.17. The van der Waals surface area contributed by atoms with E-state index in [1.165, 1.54) is 6.07 Å². The van der Waals surface area contributed by atoms with Crippen molar-refractivity contribution in [2.24, 2.45) is 0 Å². The van der Waals surface area contributed by atoms with Gasteiger partial charge >= 0.3 is 0 Å². The Balaban J connectivity index is 1.78. The van der Waals surface area contributed by atoms with Crippen LogP contribution in [-0.2, 0) is 6.42 Å². The number of aromatic amines is 1. The van der Waals surface area contributed by atoms with Gasteiger partial charge in [-0.1, -0.05) is 35.0 Å². The highest BCUT2D eigenvalue weighted by atomic mass is 35.5. The van der Waals surface area contributed by atoms with Crippen LogP contribution >= 0.6 is 11.6 Å². The Hall–Kier alpha value is -2.93. The zero-order valence-corrected chi connectivity index (χ0v) is 16.2. The van der Waals surface area contributed by atoms with Crippen LogP contribution in [0, 0.1) is 12.7 Å². The first-order valence-corrected chi connectivity index (χ1v) is 9.33. The van der Waals surface area contributed by atoms with Gasteiger partial charge in [0.25, 0.3) is 0 Å². The lowest BCUT2D eigenvalue weighted by atomic mass is 9.89. The van der Waals surface area contributed by atoms with Gasteiger partial charge in [0, 0.05) is 29.8 Å². The summed E-state index contributed by atoms with van der Waals surface area (Å²) >= 11 is 5.96. The van der Waals surface area contributed by atoms with E-state index in [1.807, 2.05) is 25.2 Å². The minimum absolute atomic E-state index is 0.276. The predicted molar refractivity (Wildman–Crippen MR) is 106 cm³/mol. The second-order valence-corrected chi connectivity index (χ2v) is 7.02. The molecule has 28 heavy (non-hydrogen) atoms. The third-order valence-electron chi connectivity index (χ3n) is 4.79. The van der Waals surface area contributed by atoms with Gasteiger partial charge in [0.2, 0.25) is 5.89 Å². The van der Waals surface area contributed by atoms with Gasteiger partial charge in [-0.05, 0) is 37.1 Å². The van der Waals surface area contributed by atoms with Gasteiger partial charge in [-0.3, -0.25) is 5.10 Å². The Morgan fingerprint density at radius 1 is 1.29 bits per heavy atom. The SMILES string of the molecule is CNc1cccc2c(C(CCc3nc(C)no3)c3ccc(Cl)cc3F)[nH]nc12. The first-order valence-electron chi connectivity index (χ1n) is 8.95. The predicted octanol–water partition coefficient (Wildman–Crippen LogP) is 4.85. The molecule has 2 heterocycles. The highest BCUT2D eigenvalue weighted by molar-refractivity contribution is 6.30. The molecule has 0 aliphatic rings. The van der Waals surface area contributed by atoms with E-state index in [1.54, 1.807) is 19.1 Å². The monoisotopic (exact) mass is 399 g/mol. The van der Waals surface area contributed by atoms with Crippen LogP contribution in [0.2, 0.25) is 5.02 Å². The van der Waals surface area contributed by atoms with Crippen molar-refractivity contribution in [2.75, 3.05) is 12.4 Å². The number of aryl methyl sites for hydroxylation is 2. The molecular weight excluding hydrogens is 381 g/mol. The van der Waals surface area contributed by atoms with Crippen molar-refractivity contribution in [3.63, 3.8) is 0 Å². The number of aromatic nitrogens is 4. The lowest BCUT2D eigenvalue weighted by Crippen LogP contribution is -2.07. The maximum absolute atomic E-state index is 14.8. The van der Waals surface area contributed by atoms with E-state index in [4.69, 9.17) is 16.1 Å². The highest BCUT2D eigenvalue weighted by Crippen LogP contribution is 2.36. The molecule has 0 bridgehead atoms. The van der Waals surface area contributed by atoms with Crippen molar-refractivity contribution in [3.8, 4) is 0 Å². The van der Waals surface area contributed by atoms with Crippen molar-refractivity contribution >= 4 is 28.2 Å². The van der Waals surface area contributed by atoms with Crippen LogP contribution in [0.3, 0.4) is 0 Å². The van der Waals surface area contributed by atoms with Crippen LogP contribution in [-0.4, -0.2) is 27.4 Å². The molecule has 144 valence electrons. The third-order valence-corrected chi connectivity index (χ3v) is 5.02. The molecule has 2 aromatic carbocycles. The topological polar surface area (TPSA) is 79.6 Å². The molecule has 0 fully saturated rings. The van der Waals surface area contributed by atoms with Gasteiger partial charge < -0.3 is 9.84 Å². The number of rotatable bonds is 6. The van der Waals surface area contributed by atoms with Crippen molar-refractivity contribution in [1.29, 1.82) is 0 Å². The minimum Gasteiger partial charge on any atom is -0.386 e. The van der Waals surface area contributed by atoms with E-state index in [-0.39, 0.29) is 11.7 Å². The fourth-order valence-electron chi connectivity index (χ4n) is 3.47. The van der Waals surface area contributed by atoms with E-state index in [0.29, 0.717) is 35.1 Å². The quantitative estimate of drug-likeness (QED) is 0.484. The summed E-state index contributed by atoms with van der Waals surface area (Å²) in [6.45, 7) is 1.77. The molecule has 6 nitrogen and oxygen atoms in total. The summed E-state index contributed by atoms with van der Waals surface area (Å²) in [6, 6.07) is 10.6. The van der Waals surface area contributed by atoms with Crippen LogP contribution in [0.25, 0.3) is 10.9 Å². The van der Waals surface area contributed by atoms with Crippen LogP contribution in [0.15, 0.2) is 40.9 Å². The second kappa shape index (κ2) is 7.59. The van der Waals surface area contributed by atoms with Crippen LogP contribution < -0.4 is 5.32 Å². The molecule has 0 aliphatic heterocycles. The maximum atomic E-state index is 14.8. The summed E-state index contributed by atoms with van der Waals surface area (Å²) in [5, 5.41) is 15.8. The molecule has 4 aromatic rings. The van der Waals surface area contributed by atoms with E-state index >= 15 is 0 Å². The highest BCUT2D eigenvalue weighted by Gasteiger charge is 2.24. The van der Waals surface area contributed by atoms with Crippen LogP contribution in [0.5, 0.6) is 0 Å². The molecule has 1 atom stereocenters. The average molecular weight is 400 g/mol. The Bertz CT molecular complexity index is 1120. The van der Waals surface area contributed by atoms with Gasteiger partial charge in [0.05, 0.1) is 11.4 Å². The van der Waals surface area contributed by atoms with Gasteiger partial charge in [0.1, 0.15) is 11.3 Å². The average Bonchev–Trinajstić information content (AvgIpc) is 3.29. The molecule has 0 amide bonds. The number of hydrogen-bond donors (Lipinski definition) is 2. The van der Waals surface area contributed by atoms with E-state index in [0.717, 1.165) is 22.3 Å². The number of H-pyrrole nitrogens is 1. The Labute approximate surface area is 166 Å². The van der Waals surface area contributed by atoms with Crippen LogP contribution in [0.1, 0.15) is 35.3 Å². The normalized spacial score (nSPS) is 12.4. The van der Waals surface area contributed by atoms with Crippen molar-refractivity contribution < 1.29 is 8.91 Å². The number of nitrogens with zero attached hydrogens (tertiary/aromatic N) is 3. The summed E-state index contributed by atoms with van der Waals surface area (Å²) < 4.78 is 20.0. The summed E-state index contributed by atoms with van der Waals surface area (Å²) in [4.78, 5) is 4.26. The molecule has 1 unspecified atom stereocenters. The standard InChI is InChI=1S/C20H19ClFN5O/c1-11-24-18(28-27-11)9-8-14(13-7-6-12(21)10-16(13)22)19-15-4-3-5-17(23-2)20(15)26-25-19/h3-7,10,14,23H,8-9H2,1-2H3,(H,25,26). The lowest BCUT2D eigenvalue weighted by molar-refractivity contribution is 0.369. The number of nitrogens with one attached hydrogen (secondary N) is 2. The third kappa shape index (κ3) is 3.45. The number of benzene rings is 2. The number of fused-ring (bicyclic) bond motifs is 1. The summed E-state index contributed by atoms with van der Waals surface area (Å²) in [7, 11) is 1.84. The number of para-hydroxylation sites is 1. The van der Waals surface area contributed by atoms with Gasteiger partial charge in [-0.2, -0.15) is 10.1 Å². The molecular formula is C20H19ClFN5O. The van der Waals surface area contributed by atoms with E-state index in [2.05, 4.69) is 25.7 Å². The smallest absolute Gasteiger partial charge is 0.226 e. The summed E-state index contributed by atoms with van der Waals surface area (Å²) in [5.74, 6) is 0.472. The molecule has 0 saturated heterocycles. The van der Waals surface area contributed by atoms with E-state index in [9.17, 15) is 4.39 Å². The Kier molecular flexibility index (Phi) is 5.00. The largest absolute Gasteiger partial charge is 0.386 e. The van der Waals surface area contributed by atoms with Crippen molar-refractivity contribution in [1.82, 2.24) is 20.3 Å². The first kappa shape index (κ1) is 18.4. The Morgan fingerprint density at radius 3 is 2.86 bits per heavy atom. The molecule has 0 aliphatic carbocycles. The number of halogens is 2. The van der Waals surface area contributed by atoms with Crippen LogP contribution in [0.4, 0.5) is 10.1 Å². The zero-order chi connectivity index (χ0) is 19.7. The molecule has 0 saturated carbocycles. The van der Waals surface area contributed by atoms with Gasteiger partial charge in [0.15, 0.2) is 5.82 Å². The second-order valence-electron chi connectivity index (χ2n) is 6.58. The van der Waals surface area contributed by atoms with Gasteiger partial charge in [-0.15, -0.1) is 0 Å².